The Balaban J connectivity index is 1.78. The van der Waals surface area contributed by atoms with E-state index in [2.05, 4.69) is 4.98 Å². The Hall–Kier alpha value is -2.85. The van der Waals surface area contributed by atoms with Crippen LogP contribution >= 0.6 is 11.6 Å². The van der Waals surface area contributed by atoms with Crippen LogP contribution in [0.5, 0.6) is 0 Å². The summed E-state index contributed by atoms with van der Waals surface area (Å²) in [5, 5.41) is 0.603. The normalized spacial score (nSPS) is 11.0. The number of rotatable bonds is 3. The fourth-order valence-electron chi connectivity index (χ4n) is 2.40. The summed E-state index contributed by atoms with van der Waals surface area (Å²) in [5.41, 5.74) is 3.05. The standard InChI is InChI=1S/C18H10ClNO3/c19-13-4-6-15-17(9-13)23-18(20-15)12-3-1-2-11(8-12)16-7-5-14(10-21)22-16/h1-10H. The topological polar surface area (TPSA) is 56.2 Å². The lowest BCUT2D eigenvalue weighted by Crippen LogP contribution is -1.79. The number of hydrogen-bond donors (Lipinski definition) is 0. The van der Waals surface area contributed by atoms with Crippen molar-refractivity contribution in [3.8, 4) is 22.8 Å². The van der Waals surface area contributed by atoms with Gasteiger partial charge in [-0.3, -0.25) is 4.79 Å². The van der Waals surface area contributed by atoms with Gasteiger partial charge >= 0.3 is 0 Å². The second kappa shape index (κ2) is 5.41. The van der Waals surface area contributed by atoms with Crippen molar-refractivity contribution in [1.29, 1.82) is 0 Å². The van der Waals surface area contributed by atoms with Gasteiger partial charge in [0, 0.05) is 22.2 Å². The number of nitrogens with zero attached hydrogens (tertiary/aromatic N) is 1. The minimum Gasteiger partial charge on any atom is -0.453 e. The molecule has 112 valence electrons. The summed E-state index contributed by atoms with van der Waals surface area (Å²) < 4.78 is 11.2. The van der Waals surface area contributed by atoms with Crippen molar-refractivity contribution in [2.45, 2.75) is 0 Å². The van der Waals surface area contributed by atoms with Crippen molar-refractivity contribution in [1.82, 2.24) is 4.98 Å². The molecule has 0 unspecified atom stereocenters. The number of carbonyl (C=O) groups excluding carboxylic acids is 1. The molecule has 0 bridgehead atoms. The summed E-state index contributed by atoms with van der Waals surface area (Å²) in [6.45, 7) is 0. The maximum Gasteiger partial charge on any atom is 0.227 e. The first-order chi connectivity index (χ1) is 11.2. The zero-order valence-electron chi connectivity index (χ0n) is 11.8. The predicted molar refractivity (Wildman–Crippen MR) is 87.5 cm³/mol. The highest BCUT2D eigenvalue weighted by molar-refractivity contribution is 6.31. The van der Waals surface area contributed by atoms with E-state index in [0.717, 1.165) is 16.6 Å². The van der Waals surface area contributed by atoms with Crippen molar-refractivity contribution >= 4 is 29.0 Å². The molecule has 4 rings (SSSR count). The predicted octanol–water partition coefficient (Wildman–Crippen LogP) is 5.22. The van der Waals surface area contributed by atoms with E-state index in [0.29, 0.717) is 34.3 Å². The summed E-state index contributed by atoms with van der Waals surface area (Å²) in [6.07, 6.45) is 0.678. The molecule has 2 heterocycles. The average molecular weight is 324 g/mol. The largest absolute Gasteiger partial charge is 0.453 e. The van der Waals surface area contributed by atoms with E-state index >= 15 is 0 Å². The molecule has 0 aliphatic heterocycles. The monoisotopic (exact) mass is 323 g/mol. The van der Waals surface area contributed by atoms with Crippen LogP contribution < -0.4 is 0 Å². The van der Waals surface area contributed by atoms with Gasteiger partial charge in [-0.1, -0.05) is 23.7 Å². The van der Waals surface area contributed by atoms with Gasteiger partial charge in [-0.15, -0.1) is 0 Å². The molecule has 4 nitrogen and oxygen atoms in total. The summed E-state index contributed by atoms with van der Waals surface area (Å²) in [6, 6.07) is 16.3. The third-order valence-corrected chi connectivity index (χ3v) is 3.72. The Morgan fingerprint density at radius 1 is 0.957 bits per heavy atom. The highest BCUT2D eigenvalue weighted by atomic mass is 35.5. The molecule has 23 heavy (non-hydrogen) atoms. The van der Waals surface area contributed by atoms with E-state index < -0.39 is 0 Å². The average Bonchev–Trinajstić information content (AvgIpc) is 3.21. The minimum absolute atomic E-state index is 0.293. The molecule has 0 N–H and O–H groups in total. The van der Waals surface area contributed by atoms with Crippen LogP contribution in [0.1, 0.15) is 10.6 Å². The van der Waals surface area contributed by atoms with Crippen LogP contribution in [0.25, 0.3) is 33.9 Å². The van der Waals surface area contributed by atoms with Gasteiger partial charge in [0.05, 0.1) is 0 Å². The van der Waals surface area contributed by atoms with E-state index in [1.54, 1.807) is 24.3 Å². The van der Waals surface area contributed by atoms with Crippen molar-refractivity contribution in [2.24, 2.45) is 0 Å². The highest BCUT2D eigenvalue weighted by Crippen LogP contribution is 2.30. The number of oxazole rings is 1. The first-order valence-electron chi connectivity index (χ1n) is 6.95. The zero-order chi connectivity index (χ0) is 15.8. The van der Waals surface area contributed by atoms with Gasteiger partial charge in [0.1, 0.15) is 11.3 Å². The molecule has 4 aromatic rings. The second-order valence-corrected chi connectivity index (χ2v) is 5.47. The highest BCUT2D eigenvalue weighted by Gasteiger charge is 2.11. The van der Waals surface area contributed by atoms with Crippen molar-refractivity contribution in [3.05, 3.63) is 65.4 Å². The molecule has 0 aliphatic carbocycles. The molecule has 2 aromatic carbocycles. The Bertz CT molecular complexity index is 1020. The summed E-state index contributed by atoms with van der Waals surface area (Å²) in [5.74, 6) is 1.42. The molecule has 2 aromatic heterocycles. The smallest absolute Gasteiger partial charge is 0.227 e. The van der Waals surface area contributed by atoms with Crippen molar-refractivity contribution in [3.63, 3.8) is 0 Å². The molecule has 0 spiro atoms. The number of benzene rings is 2. The minimum atomic E-state index is 0.293. The lowest BCUT2D eigenvalue weighted by Gasteiger charge is -1.99. The molecular formula is C18H10ClNO3. The zero-order valence-corrected chi connectivity index (χ0v) is 12.6. The van der Waals surface area contributed by atoms with E-state index in [4.69, 9.17) is 20.4 Å². The van der Waals surface area contributed by atoms with Crippen LogP contribution in [0.15, 0.2) is 63.4 Å². The van der Waals surface area contributed by atoms with Crippen LogP contribution in [0.4, 0.5) is 0 Å². The van der Waals surface area contributed by atoms with Gasteiger partial charge in [0.15, 0.2) is 17.6 Å². The molecule has 0 radical (unpaired) electrons. The maximum absolute atomic E-state index is 10.7. The molecule has 5 heteroatoms. The number of aldehydes is 1. The SMILES string of the molecule is O=Cc1ccc(-c2cccc(-c3nc4ccc(Cl)cc4o3)c2)o1. The van der Waals surface area contributed by atoms with E-state index in [9.17, 15) is 4.79 Å². The summed E-state index contributed by atoms with van der Waals surface area (Å²) in [7, 11) is 0. The van der Waals surface area contributed by atoms with Gasteiger partial charge in [-0.2, -0.15) is 0 Å². The third kappa shape index (κ3) is 2.53. The lowest BCUT2D eigenvalue weighted by molar-refractivity contribution is 0.110. The van der Waals surface area contributed by atoms with Crippen LogP contribution in [0.2, 0.25) is 5.02 Å². The molecule has 0 saturated carbocycles. The molecule has 0 saturated heterocycles. The first kappa shape index (κ1) is 13.8. The number of halogens is 1. The quantitative estimate of drug-likeness (QED) is 0.485. The van der Waals surface area contributed by atoms with E-state index in [-0.39, 0.29) is 0 Å². The van der Waals surface area contributed by atoms with Gasteiger partial charge in [0.2, 0.25) is 5.89 Å². The van der Waals surface area contributed by atoms with Crippen molar-refractivity contribution < 1.29 is 13.6 Å². The Labute approximate surface area is 136 Å². The Morgan fingerprint density at radius 3 is 2.65 bits per heavy atom. The number of aromatic nitrogens is 1. The Morgan fingerprint density at radius 2 is 1.83 bits per heavy atom. The van der Waals surface area contributed by atoms with Crippen LogP contribution in [0, 0.1) is 0 Å². The van der Waals surface area contributed by atoms with Crippen LogP contribution in [0.3, 0.4) is 0 Å². The molecule has 0 fully saturated rings. The molecule has 0 atom stereocenters. The summed E-state index contributed by atoms with van der Waals surface area (Å²) >= 11 is 5.97. The Kier molecular flexibility index (Phi) is 3.24. The third-order valence-electron chi connectivity index (χ3n) is 3.49. The molecule has 0 aliphatic rings. The number of carbonyl (C=O) groups is 1. The van der Waals surface area contributed by atoms with Crippen LogP contribution in [-0.2, 0) is 0 Å². The van der Waals surface area contributed by atoms with Gasteiger partial charge < -0.3 is 8.83 Å². The van der Waals surface area contributed by atoms with Gasteiger partial charge in [0.25, 0.3) is 0 Å². The number of furan rings is 1. The lowest BCUT2D eigenvalue weighted by atomic mass is 10.1. The second-order valence-electron chi connectivity index (χ2n) is 5.03. The first-order valence-corrected chi connectivity index (χ1v) is 7.33. The van der Waals surface area contributed by atoms with Crippen LogP contribution in [-0.4, -0.2) is 11.3 Å². The fraction of sp³-hybridized carbons (Fsp3) is 0. The number of fused-ring (bicyclic) bond motifs is 1. The molecular weight excluding hydrogens is 314 g/mol. The van der Waals surface area contributed by atoms with Gasteiger partial charge in [-0.05, 0) is 36.4 Å². The van der Waals surface area contributed by atoms with E-state index in [1.165, 1.54) is 0 Å². The molecule has 0 amide bonds. The fourth-order valence-corrected chi connectivity index (χ4v) is 2.56. The van der Waals surface area contributed by atoms with E-state index in [1.807, 2.05) is 30.3 Å². The number of hydrogen-bond acceptors (Lipinski definition) is 4. The summed E-state index contributed by atoms with van der Waals surface area (Å²) in [4.78, 5) is 15.2. The maximum atomic E-state index is 10.7. The van der Waals surface area contributed by atoms with Gasteiger partial charge in [-0.25, -0.2) is 4.98 Å². The van der Waals surface area contributed by atoms with Crippen molar-refractivity contribution in [2.75, 3.05) is 0 Å².